The highest BCUT2D eigenvalue weighted by Crippen LogP contribution is 1.86. The van der Waals surface area contributed by atoms with Gasteiger partial charge in [0.25, 0.3) is 11.8 Å². The van der Waals surface area contributed by atoms with Gasteiger partial charge in [0.2, 0.25) is 0 Å². The van der Waals surface area contributed by atoms with Gasteiger partial charge in [0, 0.05) is 24.9 Å². The highest BCUT2D eigenvalue weighted by atomic mass is 16.5. The zero-order chi connectivity index (χ0) is 26.7. The largest absolute Gasteiger partial charge is 0.481 e. The zero-order valence-electron chi connectivity index (χ0n) is 20.3. The lowest BCUT2D eigenvalue weighted by Crippen LogP contribution is -2.28. The van der Waals surface area contributed by atoms with Crippen LogP contribution in [0.5, 0.6) is 0 Å². The van der Waals surface area contributed by atoms with Crippen molar-refractivity contribution in [3.05, 3.63) is 0 Å². The van der Waals surface area contributed by atoms with E-state index in [1.807, 2.05) is 0 Å². The van der Waals surface area contributed by atoms with Crippen molar-refractivity contribution in [1.29, 1.82) is 0 Å². The molecular formula is C22H36N2O12. The Morgan fingerprint density at radius 2 is 0.750 bits per heavy atom. The molecule has 0 spiro atoms. The highest BCUT2D eigenvalue weighted by molar-refractivity contribution is 6.02. The van der Waals surface area contributed by atoms with Crippen molar-refractivity contribution >= 4 is 23.8 Å². The molecule has 14 heteroatoms. The second-order valence-corrected chi connectivity index (χ2v) is 6.72. The number of carboxylic acid groups (broad SMARTS) is 2. The van der Waals surface area contributed by atoms with E-state index in [1.165, 1.54) is 0 Å². The second-order valence-electron chi connectivity index (χ2n) is 6.72. The van der Waals surface area contributed by atoms with E-state index >= 15 is 0 Å². The van der Waals surface area contributed by atoms with Gasteiger partial charge in [0.1, 0.15) is 0 Å². The van der Waals surface area contributed by atoms with E-state index < -0.39 is 23.8 Å². The molecule has 0 aliphatic rings. The van der Waals surface area contributed by atoms with Gasteiger partial charge in [0.05, 0.1) is 92.1 Å². The van der Waals surface area contributed by atoms with Crippen LogP contribution in [0.4, 0.5) is 0 Å². The number of hydrogen-bond acceptors (Lipinski definition) is 10. The zero-order valence-corrected chi connectivity index (χ0v) is 20.3. The molecule has 0 bridgehead atoms. The van der Waals surface area contributed by atoms with E-state index in [0.717, 1.165) is 0 Å². The van der Waals surface area contributed by atoms with Crippen molar-refractivity contribution in [1.82, 2.24) is 10.6 Å². The minimum atomic E-state index is -0.914. The second kappa shape index (κ2) is 25.3. The first-order valence-corrected chi connectivity index (χ1v) is 11.4. The molecule has 0 radical (unpaired) electrons. The van der Waals surface area contributed by atoms with Crippen molar-refractivity contribution in [2.75, 3.05) is 92.4 Å². The summed E-state index contributed by atoms with van der Waals surface area (Å²) in [6.45, 7) is 3.76. The fourth-order valence-electron chi connectivity index (χ4n) is 2.08. The molecule has 0 rings (SSSR count). The fourth-order valence-corrected chi connectivity index (χ4v) is 2.08. The fraction of sp³-hybridized carbons (Fsp3) is 0.727. The first kappa shape index (κ1) is 33.2. The predicted octanol–water partition coefficient (Wildman–Crippen LogP) is -1.73. The lowest BCUT2D eigenvalue weighted by molar-refractivity contribution is -0.139. The lowest BCUT2D eigenvalue weighted by Gasteiger charge is -2.06. The van der Waals surface area contributed by atoms with Crippen LogP contribution in [0, 0.1) is 11.8 Å². The van der Waals surface area contributed by atoms with E-state index in [4.69, 9.17) is 38.6 Å². The summed E-state index contributed by atoms with van der Waals surface area (Å²) in [6.07, 6.45) is -0.0940. The Bertz CT molecular complexity index is 624. The number of rotatable bonds is 24. The summed E-state index contributed by atoms with van der Waals surface area (Å²) in [5.41, 5.74) is 0. The molecule has 0 unspecified atom stereocenters. The molecule has 0 saturated carbocycles. The van der Waals surface area contributed by atoms with E-state index in [2.05, 4.69) is 22.5 Å². The Morgan fingerprint density at radius 1 is 0.472 bits per heavy atom. The molecule has 0 saturated heterocycles. The molecule has 0 aliphatic carbocycles. The summed E-state index contributed by atoms with van der Waals surface area (Å²) in [4.78, 5) is 43.7. The third kappa shape index (κ3) is 27.4. The lowest BCUT2D eigenvalue weighted by atomic mass is 10.5. The maximum absolute atomic E-state index is 11.6. The van der Waals surface area contributed by atoms with Gasteiger partial charge in [-0.1, -0.05) is 0 Å². The van der Waals surface area contributed by atoms with Crippen LogP contribution >= 0.6 is 0 Å². The first-order valence-electron chi connectivity index (χ1n) is 11.4. The van der Waals surface area contributed by atoms with Crippen molar-refractivity contribution in [2.24, 2.45) is 0 Å². The Morgan fingerprint density at radius 3 is 1.06 bits per heavy atom. The van der Waals surface area contributed by atoms with Gasteiger partial charge in [-0.2, -0.15) is 0 Å². The molecule has 14 nitrogen and oxygen atoms in total. The van der Waals surface area contributed by atoms with E-state index in [-0.39, 0.29) is 52.4 Å². The number of nitrogens with one attached hydrogen (secondary N) is 2. The number of ether oxygens (including phenoxy) is 6. The van der Waals surface area contributed by atoms with Gasteiger partial charge >= 0.3 is 11.9 Å². The molecule has 4 N–H and O–H groups in total. The number of aliphatic carboxylic acids is 2. The third-order valence-electron chi connectivity index (χ3n) is 3.76. The topological polar surface area (TPSA) is 188 Å². The molecule has 2 amide bonds. The Hall–Kier alpha value is -2.80. The van der Waals surface area contributed by atoms with Crippen LogP contribution in [0.15, 0.2) is 0 Å². The first-order chi connectivity index (χ1) is 17.4. The van der Waals surface area contributed by atoms with E-state index in [9.17, 15) is 19.2 Å². The van der Waals surface area contributed by atoms with Gasteiger partial charge in [0.15, 0.2) is 0 Å². The molecule has 0 aromatic carbocycles. The van der Waals surface area contributed by atoms with E-state index in [1.54, 1.807) is 0 Å². The Kier molecular flexibility index (Phi) is 23.3. The minimum absolute atomic E-state index is 0.0470. The minimum Gasteiger partial charge on any atom is -0.481 e. The molecule has 0 aromatic heterocycles. The molecule has 0 atom stereocenters. The SMILES string of the molecule is O=C(O)CCOCCOCCOCCNC(=O)C#CC(=O)NCCOCCOCCOCCC(=O)O. The molecule has 0 aromatic rings. The summed E-state index contributed by atoms with van der Waals surface area (Å²) >= 11 is 0. The molecule has 206 valence electrons. The van der Waals surface area contributed by atoms with Crippen LogP contribution in [0.25, 0.3) is 0 Å². The summed E-state index contributed by atoms with van der Waals surface area (Å²) in [6, 6.07) is 0. The standard InChI is InChI=1S/C22H36N2O12/c25-19(23-5-9-33-13-17-35-15-11-31-7-3-21(27)28)1-2-20(26)24-6-10-34-14-18-36-16-12-32-8-4-22(29)30/h3-18H2,(H,23,25)(H,24,26)(H,27,28)(H,29,30). The molecule has 36 heavy (non-hydrogen) atoms. The number of hydrogen-bond donors (Lipinski definition) is 4. The van der Waals surface area contributed by atoms with Crippen LogP contribution in [0.3, 0.4) is 0 Å². The summed E-state index contributed by atoms with van der Waals surface area (Å²) in [5.74, 6) is 1.30. The van der Waals surface area contributed by atoms with Crippen LogP contribution in [-0.2, 0) is 47.6 Å². The monoisotopic (exact) mass is 520 g/mol. The number of carboxylic acids is 2. The number of carbonyl (C=O) groups is 4. The van der Waals surface area contributed by atoms with Crippen LogP contribution in [0.1, 0.15) is 12.8 Å². The molecular weight excluding hydrogens is 484 g/mol. The van der Waals surface area contributed by atoms with Crippen molar-refractivity contribution in [3.8, 4) is 11.8 Å². The van der Waals surface area contributed by atoms with Gasteiger partial charge in [-0.3, -0.25) is 19.2 Å². The molecule has 0 fully saturated rings. The molecule has 0 aliphatic heterocycles. The highest BCUT2D eigenvalue weighted by Gasteiger charge is 2.00. The van der Waals surface area contributed by atoms with Crippen molar-refractivity contribution < 1.29 is 57.8 Å². The average Bonchev–Trinajstić information content (AvgIpc) is 2.83. The Balaban J connectivity index is 3.43. The van der Waals surface area contributed by atoms with Crippen LogP contribution in [0.2, 0.25) is 0 Å². The van der Waals surface area contributed by atoms with Crippen molar-refractivity contribution in [2.45, 2.75) is 12.8 Å². The average molecular weight is 521 g/mol. The molecule has 0 heterocycles. The third-order valence-corrected chi connectivity index (χ3v) is 3.76. The summed E-state index contributed by atoms with van der Waals surface area (Å²) in [5, 5.41) is 21.9. The van der Waals surface area contributed by atoms with Crippen molar-refractivity contribution in [3.63, 3.8) is 0 Å². The maximum Gasteiger partial charge on any atom is 0.305 e. The van der Waals surface area contributed by atoms with Crippen LogP contribution < -0.4 is 10.6 Å². The smallest absolute Gasteiger partial charge is 0.305 e. The Labute approximate surface area is 209 Å². The van der Waals surface area contributed by atoms with E-state index in [0.29, 0.717) is 52.9 Å². The van der Waals surface area contributed by atoms with Gasteiger partial charge < -0.3 is 49.3 Å². The van der Waals surface area contributed by atoms with Gasteiger partial charge in [-0.25, -0.2) is 0 Å². The quantitative estimate of drug-likeness (QED) is 0.0833. The number of carbonyl (C=O) groups excluding carboxylic acids is 2. The maximum atomic E-state index is 11.6. The van der Waals surface area contributed by atoms with Gasteiger partial charge in [-0.15, -0.1) is 0 Å². The predicted molar refractivity (Wildman–Crippen MR) is 123 cm³/mol. The normalized spacial score (nSPS) is 10.3. The van der Waals surface area contributed by atoms with Gasteiger partial charge in [-0.05, 0) is 0 Å². The summed E-state index contributed by atoms with van der Waals surface area (Å²) in [7, 11) is 0. The summed E-state index contributed by atoms with van der Waals surface area (Å²) < 4.78 is 31.1. The number of amides is 2. The van der Waals surface area contributed by atoms with Crippen LogP contribution in [-0.4, -0.2) is 126 Å².